The Morgan fingerprint density at radius 2 is 2.14 bits per heavy atom. The Bertz CT molecular complexity index is 219. The first kappa shape index (κ1) is 11.1. The minimum Gasteiger partial charge on any atom is -0.460 e. The third-order valence-electron chi connectivity index (χ3n) is 2.10. The number of hydrogen-bond donors (Lipinski definition) is 0. The van der Waals surface area contributed by atoms with E-state index in [9.17, 15) is 4.79 Å². The lowest BCUT2D eigenvalue weighted by molar-refractivity contribution is -0.140. The van der Waals surface area contributed by atoms with Crippen molar-refractivity contribution >= 4 is 5.97 Å². The first-order valence-corrected chi connectivity index (χ1v) is 5.24. The molecule has 0 aliphatic carbocycles. The zero-order valence-electron chi connectivity index (χ0n) is 8.91. The van der Waals surface area contributed by atoms with Gasteiger partial charge in [-0.1, -0.05) is 33.1 Å². The smallest absolute Gasteiger partial charge is 0.377 e. The Morgan fingerprint density at radius 1 is 1.43 bits per heavy atom. The van der Waals surface area contributed by atoms with Crippen LogP contribution in [0.5, 0.6) is 0 Å². The molecule has 3 heteroatoms. The molecule has 1 heterocycles. The molecule has 0 aromatic heterocycles. The molecule has 0 N–H and O–H groups in total. The SMILES string of the molecule is CC(C)CCCCCOC(=O)C1=CO1. The second-order valence-corrected chi connectivity index (χ2v) is 3.98. The molecule has 0 atom stereocenters. The summed E-state index contributed by atoms with van der Waals surface area (Å²) in [7, 11) is 0. The van der Waals surface area contributed by atoms with Crippen molar-refractivity contribution in [3.63, 3.8) is 0 Å². The van der Waals surface area contributed by atoms with Gasteiger partial charge < -0.3 is 9.47 Å². The lowest BCUT2D eigenvalue weighted by Gasteiger charge is -2.04. The summed E-state index contributed by atoms with van der Waals surface area (Å²) in [5.74, 6) is 0.795. The molecule has 80 valence electrons. The Balaban J connectivity index is 1.84. The van der Waals surface area contributed by atoms with Crippen molar-refractivity contribution in [1.29, 1.82) is 0 Å². The zero-order valence-corrected chi connectivity index (χ0v) is 8.91. The van der Waals surface area contributed by atoms with E-state index in [0.717, 1.165) is 18.8 Å². The molecule has 0 spiro atoms. The predicted octanol–water partition coefficient (Wildman–Crippen LogP) is 2.62. The molecule has 0 fully saturated rings. The average Bonchev–Trinajstić information content (AvgIpc) is 2.92. The van der Waals surface area contributed by atoms with Gasteiger partial charge in [-0.05, 0) is 12.3 Å². The highest BCUT2D eigenvalue weighted by atomic mass is 16.6. The average molecular weight is 198 g/mol. The minimum atomic E-state index is -0.325. The number of hydrogen-bond acceptors (Lipinski definition) is 3. The highest BCUT2D eigenvalue weighted by molar-refractivity contribution is 5.88. The van der Waals surface area contributed by atoms with Crippen molar-refractivity contribution in [2.75, 3.05) is 6.61 Å². The van der Waals surface area contributed by atoms with Crippen LogP contribution in [0.1, 0.15) is 39.5 Å². The van der Waals surface area contributed by atoms with Crippen molar-refractivity contribution in [2.45, 2.75) is 39.5 Å². The van der Waals surface area contributed by atoms with Crippen LogP contribution in [-0.4, -0.2) is 12.6 Å². The molecular formula is C11H18O3. The maximum absolute atomic E-state index is 10.9. The molecule has 1 aliphatic heterocycles. The second-order valence-electron chi connectivity index (χ2n) is 3.98. The van der Waals surface area contributed by atoms with E-state index >= 15 is 0 Å². The largest absolute Gasteiger partial charge is 0.460 e. The molecule has 3 nitrogen and oxygen atoms in total. The van der Waals surface area contributed by atoms with Crippen LogP contribution in [0.3, 0.4) is 0 Å². The van der Waals surface area contributed by atoms with Crippen LogP contribution in [0.4, 0.5) is 0 Å². The minimum absolute atomic E-state index is 0.325. The molecule has 0 saturated heterocycles. The van der Waals surface area contributed by atoms with E-state index in [1.165, 1.54) is 19.1 Å². The van der Waals surface area contributed by atoms with E-state index in [1.54, 1.807) is 0 Å². The van der Waals surface area contributed by atoms with E-state index < -0.39 is 0 Å². The summed E-state index contributed by atoms with van der Waals surface area (Å²) >= 11 is 0. The molecular weight excluding hydrogens is 180 g/mol. The molecule has 1 rings (SSSR count). The Labute approximate surface area is 85.1 Å². The number of ether oxygens (including phenoxy) is 2. The van der Waals surface area contributed by atoms with Gasteiger partial charge in [0.2, 0.25) is 5.76 Å². The standard InChI is InChI=1S/C11H18O3/c1-9(2)6-4-3-5-7-13-11(12)10-8-14-10/h8-9H,3-7H2,1-2H3. The lowest BCUT2D eigenvalue weighted by atomic mass is 10.1. The van der Waals surface area contributed by atoms with Crippen LogP contribution in [0.15, 0.2) is 12.0 Å². The molecule has 14 heavy (non-hydrogen) atoms. The summed E-state index contributed by atoms with van der Waals surface area (Å²) in [5, 5.41) is 0. The van der Waals surface area contributed by atoms with Gasteiger partial charge in [0.05, 0.1) is 6.61 Å². The Morgan fingerprint density at radius 3 is 2.71 bits per heavy atom. The second kappa shape index (κ2) is 5.68. The monoisotopic (exact) mass is 198 g/mol. The highest BCUT2D eigenvalue weighted by Crippen LogP contribution is 2.15. The molecule has 0 saturated carbocycles. The number of rotatable bonds is 7. The summed E-state index contributed by atoms with van der Waals surface area (Å²) in [6.45, 7) is 4.95. The molecule has 0 aromatic rings. The van der Waals surface area contributed by atoms with Gasteiger partial charge in [0, 0.05) is 0 Å². The summed E-state index contributed by atoms with van der Waals surface area (Å²) in [5.41, 5.74) is 0. The van der Waals surface area contributed by atoms with Gasteiger partial charge in [-0.3, -0.25) is 0 Å². The molecule has 1 aliphatic rings. The van der Waals surface area contributed by atoms with Gasteiger partial charge >= 0.3 is 5.97 Å². The zero-order chi connectivity index (χ0) is 10.4. The maximum atomic E-state index is 10.9. The van der Waals surface area contributed by atoms with Crippen LogP contribution in [0.2, 0.25) is 0 Å². The Kier molecular flexibility index (Phi) is 4.50. The first-order valence-electron chi connectivity index (χ1n) is 5.24. The molecule has 0 unspecified atom stereocenters. The fourth-order valence-electron chi connectivity index (χ4n) is 1.19. The van der Waals surface area contributed by atoms with Gasteiger partial charge in [0.25, 0.3) is 0 Å². The fourth-order valence-corrected chi connectivity index (χ4v) is 1.19. The number of carbonyl (C=O) groups excluding carboxylic acids is 1. The van der Waals surface area contributed by atoms with E-state index in [2.05, 4.69) is 18.6 Å². The number of esters is 1. The highest BCUT2D eigenvalue weighted by Gasteiger charge is 2.21. The summed E-state index contributed by atoms with van der Waals surface area (Å²) < 4.78 is 9.54. The van der Waals surface area contributed by atoms with Crippen LogP contribution < -0.4 is 0 Å². The van der Waals surface area contributed by atoms with E-state index in [-0.39, 0.29) is 5.97 Å². The first-order chi connectivity index (χ1) is 6.70. The van der Waals surface area contributed by atoms with E-state index in [4.69, 9.17) is 4.74 Å². The summed E-state index contributed by atoms with van der Waals surface area (Å²) in [6.07, 6.45) is 5.95. The van der Waals surface area contributed by atoms with E-state index in [1.807, 2.05) is 0 Å². The number of carbonyl (C=O) groups is 1. The fraction of sp³-hybridized carbons (Fsp3) is 0.727. The van der Waals surface area contributed by atoms with Crippen LogP contribution in [0.25, 0.3) is 0 Å². The summed E-state index contributed by atoms with van der Waals surface area (Å²) in [6, 6.07) is 0. The van der Waals surface area contributed by atoms with Gasteiger partial charge in [-0.15, -0.1) is 0 Å². The molecule has 0 radical (unpaired) electrons. The van der Waals surface area contributed by atoms with Crippen molar-refractivity contribution < 1.29 is 14.3 Å². The third-order valence-corrected chi connectivity index (χ3v) is 2.10. The van der Waals surface area contributed by atoms with Crippen LogP contribution in [-0.2, 0) is 14.3 Å². The van der Waals surface area contributed by atoms with E-state index in [0.29, 0.717) is 12.4 Å². The van der Waals surface area contributed by atoms with Gasteiger partial charge in [-0.2, -0.15) is 0 Å². The van der Waals surface area contributed by atoms with Crippen LogP contribution in [0, 0.1) is 5.92 Å². The van der Waals surface area contributed by atoms with Gasteiger partial charge in [0.15, 0.2) is 0 Å². The normalized spacial score (nSPS) is 13.5. The van der Waals surface area contributed by atoms with Gasteiger partial charge in [-0.25, -0.2) is 4.79 Å². The summed E-state index contributed by atoms with van der Waals surface area (Å²) in [4.78, 5) is 10.9. The topological polar surface area (TPSA) is 38.8 Å². The van der Waals surface area contributed by atoms with Crippen molar-refractivity contribution in [3.05, 3.63) is 12.0 Å². The predicted molar refractivity (Wildman–Crippen MR) is 53.4 cm³/mol. The third kappa shape index (κ3) is 4.90. The van der Waals surface area contributed by atoms with Crippen molar-refractivity contribution in [2.24, 2.45) is 5.92 Å². The Hall–Kier alpha value is -0.990. The van der Waals surface area contributed by atoms with Gasteiger partial charge in [0.1, 0.15) is 6.26 Å². The van der Waals surface area contributed by atoms with Crippen molar-refractivity contribution in [3.8, 4) is 0 Å². The lowest BCUT2D eigenvalue weighted by Crippen LogP contribution is -2.04. The van der Waals surface area contributed by atoms with Crippen molar-refractivity contribution in [1.82, 2.24) is 0 Å². The molecule has 0 amide bonds. The maximum Gasteiger partial charge on any atom is 0.377 e. The molecule has 0 bridgehead atoms. The quantitative estimate of drug-likeness (QED) is 0.466. The van der Waals surface area contributed by atoms with Crippen LogP contribution >= 0.6 is 0 Å². The number of unbranched alkanes of at least 4 members (excludes halogenated alkanes) is 2. The molecule has 0 aromatic carbocycles.